The Bertz CT molecular complexity index is 840. The van der Waals surface area contributed by atoms with Crippen LogP contribution in [0, 0.1) is 0 Å². The number of hydrogen-bond donors (Lipinski definition) is 2. The predicted molar refractivity (Wildman–Crippen MR) is 92.0 cm³/mol. The standard InChI is InChI=1S/C18H18N4O3/c1-13(20-17(24)15-7-10-25-12-15)16(23)21-18-19-8-9-22(18)11-14-5-3-2-4-6-14/h2-10,12-13H,11H2,1H3,(H,20,24)(H,19,21,23)/t13-/m1/s1. The zero-order valence-electron chi connectivity index (χ0n) is 13.7. The van der Waals surface area contributed by atoms with Crippen molar-refractivity contribution in [1.29, 1.82) is 0 Å². The number of nitrogens with one attached hydrogen (secondary N) is 2. The van der Waals surface area contributed by atoms with Gasteiger partial charge in [-0.15, -0.1) is 0 Å². The summed E-state index contributed by atoms with van der Waals surface area (Å²) in [6.45, 7) is 2.20. The number of aromatic nitrogens is 2. The van der Waals surface area contributed by atoms with Crippen LogP contribution in [0.15, 0.2) is 65.7 Å². The number of hydrogen-bond acceptors (Lipinski definition) is 4. The van der Waals surface area contributed by atoms with Crippen molar-refractivity contribution in [3.8, 4) is 0 Å². The van der Waals surface area contributed by atoms with E-state index >= 15 is 0 Å². The Morgan fingerprint density at radius 2 is 2.04 bits per heavy atom. The van der Waals surface area contributed by atoms with Crippen molar-refractivity contribution in [2.45, 2.75) is 19.5 Å². The fraction of sp³-hybridized carbons (Fsp3) is 0.167. The molecule has 7 nitrogen and oxygen atoms in total. The fourth-order valence-corrected chi connectivity index (χ4v) is 2.30. The lowest BCUT2D eigenvalue weighted by atomic mass is 10.2. The molecule has 2 heterocycles. The minimum Gasteiger partial charge on any atom is -0.472 e. The predicted octanol–water partition coefficient (Wildman–Crippen LogP) is 2.28. The van der Waals surface area contributed by atoms with Crippen molar-refractivity contribution in [2.24, 2.45) is 0 Å². The van der Waals surface area contributed by atoms with Crippen molar-refractivity contribution in [1.82, 2.24) is 14.9 Å². The third kappa shape index (κ3) is 4.14. The second-order valence-corrected chi connectivity index (χ2v) is 5.56. The maximum Gasteiger partial charge on any atom is 0.255 e. The molecule has 0 saturated heterocycles. The van der Waals surface area contributed by atoms with E-state index in [-0.39, 0.29) is 11.8 Å². The first kappa shape index (κ1) is 16.5. The highest BCUT2D eigenvalue weighted by molar-refractivity contribution is 6.00. The van der Waals surface area contributed by atoms with Crippen LogP contribution in [0.5, 0.6) is 0 Å². The molecule has 0 unspecified atom stereocenters. The summed E-state index contributed by atoms with van der Waals surface area (Å²) in [5.41, 5.74) is 1.46. The van der Waals surface area contributed by atoms with Gasteiger partial charge in [0.1, 0.15) is 12.3 Å². The number of nitrogens with zero attached hydrogens (tertiary/aromatic N) is 2. The summed E-state index contributed by atoms with van der Waals surface area (Å²) in [7, 11) is 0. The summed E-state index contributed by atoms with van der Waals surface area (Å²) in [6.07, 6.45) is 6.14. The Labute approximate surface area is 144 Å². The average molecular weight is 338 g/mol. The van der Waals surface area contributed by atoms with Crippen LogP contribution in [0.1, 0.15) is 22.8 Å². The molecule has 2 aromatic heterocycles. The first-order valence-electron chi connectivity index (χ1n) is 7.82. The zero-order chi connectivity index (χ0) is 17.6. The quantitative estimate of drug-likeness (QED) is 0.721. The summed E-state index contributed by atoms with van der Waals surface area (Å²) >= 11 is 0. The van der Waals surface area contributed by atoms with E-state index in [9.17, 15) is 9.59 Å². The van der Waals surface area contributed by atoms with E-state index in [1.165, 1.54) is 18.6 Å². The zero-order valence-corrected chi connectivity index (χ0v) is 13.7. The minimum atomic E-state index is -0.718. The molecule has 2 N–H and O–H groups in total. The Kier molecular flexibility index (Phi) is 4.94. The number of imidazole rings is 1. The number of rotatable bonds is 6. The van der Waals surface area contributed by atoms with Crippen molar-refractivity contribution in [2.75, 3.05) is 5.32 Å². The van der Waals surface area contributed by atoms with E-state index in [4.69, 9.17) is 4.42 Å². The molecular weight excluding hydrogens is 320 g/mol. The van der Waals surface area contributed by atoms with Crippen molar-refractivity contribution in [3.63, 3.8) is 0 Å². The van der Waals surface area contributed by atoms with Crippen LogP contribution in [0.25, 0.3) is 0 Å². The maximum absolute atomic E-state index is 12.3. The molecule has 2 amide bonds. The molecule has 0 saturated carbocycles. The van der Waals surface area contributed by atoms with E-state index in [0.717, 1.165) is 5.56 Å². The number of benzene rings is 1. The van der Waals surface area contributed by atoms with Crippen molar-refractivity contribution in [3.05, 3.63) is 72.4 Å². The van der Waals surface area contributed by atoms with Crippen LogP contribution >= 0.6 is 0 Å². The molecule has 128 valence electrons. The van der Waals surface area contributed by atoms with Gasteiger partial charge in [0, 0.05) is 12.4 Å². The van der Waals surface area contributed by atoms with Crippen molar-refractivity contribution < 1.29 is 14.0 Å². The first-order valence-corrected chi connectivity index (χ1v) is 7.82. The van der Waals surface area contributed by atoms with Gasteiger partial charge < -0.3 is 14.3 Å². The van der Waals surface area contributed by atoms with E-state index in [0.29, 0.717) is 18.1 Å². The van der Waals surface area contributed by atoms with Crippen LogP contribution in [0.3, 0.4) is 0 Å². The molecule has 1 aromatic carbocycles. The Hall–Kier alpha value is -3.35. The normalized spacial score (nSPS) is 11.7. The highest BCUT2D eigenvalue weighted by Crippen LogP contribution is 2.10. The van der Waals surface area contributed by atoms with Crippen LogP contribution in [-0.2, 0) is 11.3 Å². The lowest BCUT2D eigenvalue weighted by molar-refractivity contribution is -0.117. The summed E-state index contributed by atoms with van der Waals surface area (Å²) in [4.78, 5) is 28.4. The number of amides is 2. The molecule has 25 heavy (non-hydrogen) atoms. The van der Waals surface area contributed by atoms with Crippen LogP contribution in [0.2, 0.25) is 0 Å². The third-order valence-electron chi connectivity index (χ3n) is 3.67. The van der Waals surface area contributed by atoms with Crippen LogP contribution in [-0.4, -0.2) is 27.4 Å². The summed E-state index contributed by atoms with van der Waals surface area (Å²) in [5, 5.41) is 5.35. The van der Waals surface area contributed by atoms with E-state index < -0.39 is 6.04 Å². The van der Waals surface area contributed by atoms with Gasteiger partial charge in [0.2, 0.25) is 11.9 Å². The third-order valence-corrected chi connectivity index (χ3v) is 3.67. The first-order chi connectivity index (χ1) is 12.1. The topological polar surface area (TPSA) is 89.2 Å². The smallest absolute Gasteiger partial charge is 0.255 e. The number of carbonyl (C=O) groups excluding carboxylic acids is 2. The van der Waals surface area contributed by atoms with Gasteiger partial charge in [0.05, 0.1) is 18.4 Å². The maximum atomic E-state index is 12.3. The lowest BCUT2D eigenvalue weighted by Crippen LogP contribution is -2.41. The van der Waals surface area contributed by atoms with Gasteiger partial charge in [-0.3, -0.25) is 14.9 Å². The van der Waals surface area contributed by atoms with Gasteiger partial charge in [-0.05, 0) is 18.6 Å². The second kappa shape index (κ2) is 7.48. The van der Waals surface area contributed by atoms with Crippen LogP contribution < -0.4 is 10.6 Å². The molecule has 3 rings (SSSR count). The summed E-state index contributed by atoms with van der Waals surface area (Å²) in [5.74, 6) is -0.292. The molecule has 7 heteroatoms. The molecule has 0 fully saturated rings. The van der Waals surface area contributed by atoms with Gasteiger partial charge in [-0.1, -0.05) is 30.3 Å². The lowest BCUT2D eigenvalue weighted by Gasteiger charge is -2.14. The minimum absolute atomic E-state index is 0.350. The van der Waals surface area contributed by atoms with Crippen LogP contribution in [0.4, 0.5) is 5.95 Å². The average Bonchev–Trinajstić information content (AvgIpc) is 3.28. The molecule has 0 aliphatic heterocycles. The number of carbonyl (C=O) groups is 2. The molecule has 1 atom stereocenters. The molecule has 0 spiro atoms. The number of furan rings is 1. The highest BCUT2D eigenvalue weighted by atomic mass is 16.3. The Balaban J connectivity index is 1.61. The van der Waals surface area contributed by atoms with Gasteiger partial charge >= 0.3 is 0 Å². The molecule has 3 aromatic rings. The van der Waals surface area contributed by atoms with E-state index in [1.54, 1.807) is 19.3 Å². The summed E-state index contributed by atoms with van der Waals surface area (Å²) < 4.78 is 6.69. The highest BCUT2D eigenvalue weighted by Gasteiger charge is 2.18. The van der Waals surface area contributed by atoms with E-state index in [2.05, 4.69) is 15.6 Å². The van der Waals surface area contributed by atoms with Crippen molar-refractivity contribution >= 4 is 17.8 Å². The van der Waals surface area contributed by atoms with Gasteiger partial charge in [-0.25, -0.2) is 4.98 Å². The Morgan fingerprint density at radius 1 is 1.24 bits per heavy atom. The molecule has 0 aliphatic rings. The van der Waals surface area contributed by atoms with Gasteiger partial charge in [0.15, 0.2) is 0 Å². The second-order valence-electron chi connectivity index (χ2n) is 5.56. The molecule has 0 radical (unpaired) electrons. The molecular formula is C18H18N4O3. The monoisotopic (exact) mass is 338 g/mol. The molecule has 0 bridgehead atoms. The number of anilines is 1. The van der Waals surface area contributed by atoms with Gasteiger partial charge in [-0.2, -0.15) is 0 Å². The van der Waals surface area contributed by atoms with E-state index in [1.807, 2.05) is 34.9 Å². The summed E-state index contributed by atoms with van der Waals surface area (Å²) in [6, 6.07) is 10.7. The fourth-order valence-electron chi connectivity index (χ4n) is 2.30. The Morgan fingerprint density at radius 3 is 2.76 bits per heavy atom. The van der Waals surface area contributed by atoms with Gasteiger partial charge in [0.25, 0.3) is 5.91 Å². The molecule has 0 aliphatic carbocycles. The SMILES string of the molecule is C[C@@H](NC(=O)c1ccoc1)C(=O)Nc1nccn1Cc1ccccc1. The largest absolute Gasteiger partial charge is 0.472 e.